The molecule has 1 unspecified atom stereocenters. The zero-order valence-corrected chi connectivity index (χ0v) is 13.3. The van der Waals surface area contributed by atoms with Gasteiger partial charge in [-0.25, -0.2) is 8.42 Å². The molecule has 0 saturated heterocycles. The van der Waals surface area contributed by atoms with E-state index in [-0.39, 0.29) is 17.5 Å². The van der Waals surface area contributed by atoms with Crippen LogP contribution < -0.4 is 14.8 Å². The quantitative estimate of drug-likeness (QED) is 0.790. The van der Waals surface area contributed by atoms with E-state index in [0.29, 0.717) is 6.54 Å². The first-order chi connectivity index (χ1) is 9.41. The van der Waals surface area contributed by atoms with Crippen molar-refractivity contribution in [1.82, 2.24) is 5.32 Å². The van der Waals surface area contributed by atoms with E-state index in [1.54, 1.807) is 21.1 Å². The van der Waals surface area contributed by atoms with Crippen LogP contribution in [-0.4, -0.2) is 40.2 Å². The summed E-state index contributed by atoms with van der Waals surface area (Å²) in [6.07, 6.45) is 0. The minimum Gasteiger partial charge on any atom is -0.497 e. The largest absolute Gasteiger partial charge is 0.497 e. The third-order valence-corrected chi connectivity index (χ3v) is 4.97. The van der Waals surface area contributed by atoms with E-state index in [2.05, 4.69) is 5.32 Å². The van der Waals surface area contributed by atoms with Crippen LogP contribution in [0.25, 0.3) is 0 Å². The molecular formula is C14H23NO4S. The molecule has 1 N–H and O–H groups in total. The number of nitrogens with one attached hydrogen (secondary N) is 1. The molecule has 0 heterocycles. The summed E-state index contributed by atoms with van der Waals surface area (Å²) in [5, 5.41) is 3.20. The van der Waals surface area contributed by atoms with E-state index in [0.717, 1.165) is 17.1 Å². The first-order valence-electron chi connectivity index (χ1n) is 6.56. The molecule has 0 aliphatic heterocycles. The van der Waals surface area contributed by atoms with Gasteiger partial charge in [-0.15, -0.1) is 0 Å². The van der Waals surface area contributed by atoms with Crippen LogP contribution >= 0.6 is 0 Å². The van der Waals surface area contributed by atoms with Crippen molar-refractivity contribution in [2.24, 2.45) is 0 Å². The lowest BCUT2D eigenvalue weighted by Gasteiger charge is -2.15. The van der Waals surface area contributed by atoms with Gasteiger partial charge in [0.15, 0.2) is 9.84 Å². The second-order valence-corrected chi connectivity index (χ2v) is 7.06. The van der Waals surface area contributed by atoms with Gasteiger partial charge in [-0.1, -0.05) is 13.0 Å². The number of rotatable bonds is 8. The predicted molar refractivity (Wildman–Crippen MR) is 80.2 cm³/mol. The van der Waals surface area contributed by atoms with Gasteiger partial charge in [0.05, 0.1) is 20.0 Å². The van der Waals surface area contributed by atoms with Gasteiger partial charge in [-0.2, -0.15) is 0 Å². The molecule has 0 spiro atoms. The summed E-state index contributed by atoms with van der Waals surface area (Å²) >= 11 is 0. The van der Waals surface area contributed by atoms with Gasteiger partial charge >= 0.3 is 0 Å². The Hall–Kier alpha value is -1.27. The van der Waals surface area contributed by atoms with Crippen LogP contribution in [0, 0.1) is 0 Å². The highest BCUT2D eigenvalue weighted by molar-refractivity contribution is 7.91. The molecule has 0 radical (unpaired) electrons. The summed E-state index contributed by atoms with van der Waals surface area (Å²) < 4.78 is 33.5. The van der Waals surface area contributed by atoms with Crippen LogP contribution in [0.15, 0.2) is 18.2 Å². The summed E-state index contributed by atoms with van der Waals surface area (Å²) in [6, 6.07) is 5.47. The highest BCUT2D eigenvalue weighted by atomic mass is 32.2. The van der Waals surface area contributed by atoms with Crippen LogP contribution in [0.4, 0.5) is 0 Å². The Kier molecular flexibility index (Phi) is 6.29. The van der Waals surface area contributed by atoms with Crippen LogP contribution in [0.1, 0.15) is 19.4 Å². The Morgan fingerprint density at radius 3 is 2.50 bits per heavy atom. The highest BCUT2D eigenvalue weighted by Crippen LogP contribution is 2.24. The monoisotopic (exact) mass is 301 g/mol. The van der Waals surface area contributed by atoms with E-state index in [1.807, 2.05) is 25.1 Å². The molecule has 5 nitrogen and oxygen atoms in total. The van der Waals surface area contributed by atoms with E-state index in [1.165, 1.54) is 0 Å². The van der Waals surface area contributed by atoms with Crippen molar-refractivity contribution >= 4 is 9.84 Å². The van der Waals surface area contributed by atoms with Gasteiger partial charge in [-0.05, 0) is 13.0 Å². The van der Waals surface area contributed by atoms with Crippen molar-refractivity contribution in [3.05, 3.63) is 23.8 Å². The Morgan fingerprint density at radius 1 is 1.25 bits per heavy atom. The van der Waals surface area contributed by atoms with Crippen molar-refractivity contribution < 1.29 is 17.9 Å². The van der Waals surface area contributed by atoms with Gasteiger partial charge < -0.3 is 14.8 Å². The molecule has 0 bridgehead atoms. The predicted octanol–water partition coefficient (Wildman–Crippen LogP) is 1.62. The molecule has 20 heavy (non-hydrogen) atoms. The lowest BCUT2D eigenvalue weighted by atomic mass is 10.2. The Bertz CT molecular complexity index is 528. The van der Waals surface area contributed by atoms with Gasteiger partial charge in [0.2, 0.25) is 0 Å². The van der Waals surface area contributed by atoms with Crippen LogP contribution in [0.3, 0.4) is 0 Å². The minimum absolute atomic E-state index is 0.105. The molecule has 1 aromatic rings. The summed E-state index contributed by atoms with van der Waals surface area (Å²) in [5.74, 6) is 1.77. The molecule has 0 aliphatic carbocycles. The first kappa shape index (κ1) is 16.8. The van der Waals surface area contributed by atoms with E-state index >= 15 is 0 Å². The molecule has 1 rings (SSSR count). The van der Waals surface area contributed by atoms with Crippen LogP contribution in [0.5, 0.6) is 11.5 Å². The third-order valence-electron chi connectivity index (χ3n) is 3.08. The summed E-state index contributed by atoms with van der Waals surface area (Å²) in [5.41, 5.74) is 0.967. The van der Waals surface area contributed by atoms with E-state index in [9.17, 15) is 8.42 Å². The molecule has 6 heteroatoms. The van der Waals surface area contributed by atoms with Crippen molar-refractivity contribution in [3.63, 3.8) is 0 Å². The third kappa shape index (κ3) is 5.02. The Morgan fingerprint density at radius 2 is 1.95 bits per heavy atom. The number of hydrogen-bond acceptors (Lipinski definition) is 5. The molecule has 0 saturated carbocycles. The Labute approximate surface area is 121 Å². The van der Waals surface area contributed by atoms with E-state index < -0.39 is 9.84 Å². The SMILES string of the molecule is CCS(=O)(=O)CC(C)NCc1ccc(OC)cc1OC. The number of ether oxygens (including phenoxy) is 2. The van der Waals surface area contributed by atoms with Crippen molar-refractivity contribution in [1.29, 1.82) is 0 Å². The van der Waals surface area contributed by atoms with Gasteiger partial charge in [-0.3, -0.25) is 0 Å². The fourth-order valence-corrected chi connectivity index (χ4v) is 2.96. The van der Waals surface area contributed by atoms with Crippen molar-refractivity contribution in [3.8, 4) is 11.5 Å². The summed E-state index contributed by atoms with van der Waals surface area (Å²) in [6.45, 7) is 4.07. The first-order valence-corrected chi connectivity index (χ1v) is 8.38. The molecule has 0 amide bonds. The number of methoxy groups -OCH3 is 2. The van der Waals surface area contributed by atoms with Gasteiger partial charge in [0.1, 0.15) is 11.5 Å². The highest BCUT2D eigenvalue weighted by Gasteiger charge is 2.14. The molecule has 0 aromatic heterocycles. The zero-order valence-electron chi connectivity index (χ0n) is 12.5. The lowest BCUT2D eigenvalue weighted by molar-refractivity contribution is 0.389. The lowest BCUT2D eigenvalue weighted by Crippen LogP contribution is -2.33. The molecule has 1 atom stereocenters. The second kappa shape index (κ2) is 7.50. The maximum atomic E-state index is 11.5. The fourth-order valence-electron chi connectivity index (χ4n) is 1.84. The fraction of sp³-hybridized carbons (Fsp3) is 0.571. The topological polar surface area (TPSA) is 64.6 Å². The van der Waals surface area contributed by atoms with Crippen LogP contribution in [-0.2, 0) is 16.4 Å². The average Bonchev–Trinajstić information content (AvgIpc) is 2.44. The van der Waals surface area contributed by atoms with E-state index in [4.69, 9.17) is 9.47 Å². The number of hydrogen-bond donors (Lipinski definition) is 1. The summed E-state index contributed by atoms with van der Waals surface area (Å²) in [7, 11) is 0.239. The van der Waals surface area contributed by atoms with Crippen LogP contribution in [0.2, 0.25) is 0 Å². The zero-order chi connectivity index (χ0) is 15.2. The minimum atomic E-state index is -2.96. The Balaban J connectivity index is 2.65. The normalized spacial score (nSPS) is 13.0. The summed E-state index contributed by atoms with van der Waals surface area (Å²) in [4.78, 5) is 0. The standard InChI is InChI=1S/C14H23NO4S/c1-5-20(16,17)10-11(2)15-9-12-6-7-13(18-3)8-14(12)19-4/h6-8,11,15H,5,9-10H2,1-4H3. The van der Waals surface area contributed by atoms with Crippen molar-refractivity contribution in [2.45, 2.75) is 26.4 Å². The average molecular weight is 301 g/mol. The molecule has 114 valence electrons. The maximum absolute atomic E-state index is 11.5. The number of sulfone groups is 1. The maximum Gasteiger partial charge on any atom is 0.151 e. The van der Waals surface area contributed by atoms with Gasteiger partial charge in [0.25, 0.3) is 0 Å². The molecule has 0 fully saturated rings. The van der Waals surface area contributed by atoms with Gasteiger partial charge in [0, 0.05) is 30.0 Å². The molecular weight excluding hydrogens is 278 g/mol. The number of benzene rings is 1. The molecule has 0 aliphatic rings. The molecule has 1 aromatic carbocycles. The smallest absolute Gasteiger partial charge is 0.151 e. The second-order valence-electron chi connectivity index (χ2n) is 4.66. The van der Waals surface area contributed by atoms with Crippen molar-refractivity contribution in [2.75, 3.05) is 25.7 Å².